The molecule has 25 heavy (non-hydrogen) atoms. The molecule has 0 bridgehead atoms. The van der Waals surface area contributed by atoms with Gasteiger partial charge in [0.25, 0.3) is 5.91 Å². The Bertz CT molecular complexity index is 711. The molecule has 132 valence electrons. The third kappa shape index (κ3) is 4.13. The first kappa shape index (κ1) is 17.3. The summed E-state index contributed by atoms with van der Waals surface area (Å²) in [5.41, 5.74) is 1.96. The Morgan fingerprint density at radius 3 is 2.48 bits per heavy atom. The predicted octanol–water partition coefficient (Wildman–Crippen LogP) is 4.11. The van der Waals surface area contributed by atoms with Crippen molar-refractivity contribution in [1.29, 1.82) is 0 Å². The molecule has 1 saturated heterocycles. The van der Waals surface area contributed by atoms with Crippen molar-refractivity contribution in [2.75, 3.05) is 27.3 Å². The lowest BCUT2D eigenvalue weighted by Crippen LogP contribution is -2.34. The minimum atomic E-state index is 0.0827. The molecular weight excluding hydrogens is 314 g/mol. The zero-order valence-electron chi connectivity index (χ0n) is 14.9. The predicted molar refractivity (Wildman–Crippen MR) is 98.5 cm³/mol. The van der Waals surface area contributed by atoms with Gasteiger partial charge in [0.05, 0.1) is 14.2 Å². The summed E-state index contributed by atoms with van der Waals surface area (Å²) in [5, 5.41) is 0. The standard InChI is InChI=1S/C21H25NO3/c1-24-19-11-9-16(10-12-19)18-6-3-4-13-22(15-18)21(23)17-7-5-8-20(14-17)25-2/h5,7-12,14,18H,3-4,6,13,15H2,1-2H3. The Hall–Kier alpha value is -2.49. The Morgan fingerprint density at radius 1 is 1.00 bits per heavy atom. The molecule has 1 aliphatic rings. The summed E-state index contributed by atoms with van der Waals surface area (Å²) >= 11 is 0. The van der Waals surface area contributed by atoms with Crippen LogP contribution in [0.1, 0.15) is 41.1 Å². The molecule has 1 heterocycles. The lowest BCUT2D eigenvalue weighted by atomic mass is 9.94. The Kier molecular flexibility index (Phi) is 5.59. The second-order valence-corrected chi connectivity index (χ2v) is 6.45. The van der Waals surface area contributed by atoms with Gasteiger partial charge in [0.2, 0.25) is 0 Å². The maximum absolute atomic E-state index is 12.9. The van der Waals surface area contributed by atoms with E-state index in [4.69, 9.17) is 9.47 Å². The van der Waals surface area contributed by atoms with Crippen LogP contribution in [0.2, 0.25) is 0 Å². The third-order valence-electron chi connectivity index (χ3n) is 4.86. The summed E-state index contributed by atoms with van der Waals surface area (Å²) in [4.78, 5) is 14.9. The van der Waals surface area contributed by atoms with E-state index in [0.29, 0.717) is 17.2 Å². The van der Waals surface area contributed by atoms with Gasteiger partial charge in [0, 0.05) is 24.6 Å². The normalized spacial score (nSPS) is 17.7. The molecule has 1 fully saturated rings. The second kappa shape index (κ2) is 8.06. The molecule has 0 spiro atoms. The van der Waals surface area contributed by atoms with Crippen LogP contribution < -0.4 is 9.47 Å². The highest BCUT2D eigenvalue weighted by atomic mass is 16.5. The molecule has 1 aliphatic heterocycles. The van der Waals surface area contributed by atoms with E-state index in [1.165, 1.54) is 5.56 Å². The summed E-state index contributed by atoms with van der Waals surface area (Å²) in [6, 6.07) is 15.6. The SMILES string of the molecule is COc1ccc(C2CCCCN(C(=O)c3cccc(OC)c3)C2)cc1. The van der Waals surface area contributed by atoms with Crippen LogP contribution >= 0.6 is 0 Å². The topological polar surface area (TPSA) is 38.8 Å². The van der Waals surface area contributed by atoms with Crippen molar-refractivity contribution >= 4 is 5.91 Å². The largest absolute Gasteiger partial charge is 0.497 e. The van der Waals surface area contributed by atoms with Crippen molar-refractivity contribution in [2.45, 2.75) is 25.2 Å². The molecule has 1 atom stereocenters. The van der Waals surface area contributed by atoms with E-state index in [0.717, 1.165) is 38.1 Å². The average Bonchev–Trinajstić information content (AvgIpc) is 2.94. The van der Waals surface area contributed by atoms with Crippen LogP contribution in [0.5, 0.6) is 11.5 Å². The number of rotatable bonds is 4. The molecule has 2 aromatic carbocycles. The third-order valence-corrected chi connectivity index (χ3v) is 4.86. The van der Waals surface area contributed by atoms with Gasteiger partial charge in [-0.25, -0.2) is 0 Å². The molecule has 2 aromatic rings. The van der Waals surface area contributed by atoms with E-state index < -0.39 is 0 Å². The number of carbonyl (C=O) groups excluding carboxylic acids is 1. The molecule has 4 nitrogen and oxygen atoms in total. The van der Waals surface area contributed by atoms with E-state index in [1.807, 2.05) is 41.3 Å². The fourth-order valence-corrected chi connectivity index (χ4v) is 3.41. The highest BCUT2D eigenvalue weighted by Gasteiger charge is 2.24. The molecule has 0 radical (unpaired) electrons. The fourth-order valence-electron chi connectivity index (χ4n) is 3.41. The van der Waals surface area contributed by atoms with Gasteiger partial charge >= 0.3 is 0 Å². The van der Waals surface area contributed by atoms with Gasteiger partial charge in [-0.3, -0.25) is 4.79 Å². The van der Waals surface area contributed by atoms with Crippen LogP contribution in [0.15, 0.2) is 48.5 Å². The molecule has 0 saturated carbocycles. The molecular formula is C21H25NO3. The monoisotopic (exact) mass is 339 g/mol. The van der Waals surface area contributed by atoms with E-state index in [1.54, 1.807) is 14.2 Å². The molecule has 4 heteroatoms. The molecule has 0 aliphatic carbocycles. The highest BCUT2D eigenvalue weighted by Crippen LogP contribution is 2.29. The van der Waals surface area contributed by atoms with Crippen LogP contribution in [0, 0.1) is 0 Å². The van der Waals surface area contributed by atoms with Crippen molar-refractivity contribution in [3.8, 4) is 11.5 Å². The first-order valence-electron chi connectivity index (χ1n) is 8.78. The summed E-state index contributed by atoms with van der Waals surface area (Å²) in [6.07, 6.45) is 3.29. The van der Waals surface area contributed by atoms with Crippen LogP contribution in [-0.2, 0) is 0 Å². The number of hydrogen-bond donors (Lipinski definition) is 0. The maximum Gasteiger partial charge on any atom is 0.254 e. The fraction of sp³-hybridized carbons (Fsp3) is 0.381. The molecule has 0 aromatic heterocycles. The first-order chi connectivity index (χ1) is 12.2. The smallest absolute Gasteiger partial charge is 0.254 e. The van der Waals surface area contributed by atoms with E-state index in [2.05, 4.69) is 12.1 Å². The van der Waals surface area contributed by atoms with Crippen molar-refractivity contribution in [3.63, 3.8) is 0 Å². The molecule has 1 unspecified atom stereocenters. The van der Waals surface area contributed by atoms with Gasteiger partial charge < -0.3 is 14.4 Å². The molecule has 0 N–H and O–H groups in total. The summed E-state index contributed by atoms with van der Waals surface area (Å²) in [7, 11) is 3.30. The first-order valence-corrected chi connectivity index (χ1v) is 8.78. The number of hydrogen-bond acceptors (Lipinski definition) is 3. The minimum absolute atomic E-state index is 0.0827. The molecule has 3 rings (SSSR count). The average molecular weight is 339 g/mol. The van der Waals surface area contributed by atoms with Gasteiger partial charge in [-0.15, -0.1) is 0 Å². The Balaban J connectivity index is 1.77. The number of nitrogens with zero attached hydrogens (tertiary/aromatic N) is 1. The number of carbonyl (C=O) groups is 1. The van der Waals surface area contributed by atoms with Gasteiger partial charge in [-0.2, -0.15) is 0 Å². The number of methoxy groups -OCH3 is 2. The summed E-state index contributed by atoms with van der Waals surface area (Å²) < 4.78 is 10.5. The lowest BCUT2D eigenvalue weighted by Gasteiger charge is -2.25. The van der Waals surface area contributed by atoms with E-state index >= 15 is 0 Å². The van der Waals surface area contributed by atoms with Gasteiger partial charge in [-0.05, 0) is 48.7 Å². The molecule has 1 amide bonds. The number of amides is 1. The van der Waals surface area contributed by atoms with Gasteiger partial charge in [-0.1, -0.05) is 24.6 Å². The minimum Gasteiger partial charge on any atom is -0.497 e. The van der Waals surface area contributed by atoms with Crippen LogP contribution in [0.3, 0.4) is 0 Å². The lowest BCUT2D eigenvalue weighted by molar-refractivity contribution is 0.0754. The Labute approximate surface area is 149 Å². The van der Waals surface area contributed by atoms with E-state index in [9.17, 15) is 4.79 Å². The van der Waals surface area contributed by atoms with Crippen molar-refractivity contribution in [3.05, 3.63) is 59.7 Å². The summed E-state index contributed by atoms with van der Waals surface area (Å²) in [5.74, 6) is 2.02. The number of likely N-dealkylation sites (tertiary alicyclic amines) is 1. The van der Waals surface area contributed by atoms with Crippen molar-refractivity contribution < 1.29 is 14.3 Å². The van der Waals surface area contributed by atoms with Gasteiger partial charge in [0.1, 0.15) is 11.5 Å². The zero-order valence-corrected chi connectivity index (χ0v) is 14.9. The summed E-state index contributed by atoms with van der Waals surface area (Å²) in [6.45, 7) is 1.56. The quantitative estimate of drug-likeness (QED) is 0.841. The van der Waals surface area contributed by atoms with Crippen LogP contribution in [-0.4, -0.2) is 38.1 Å². The van der Waals surface area contributed by atoms with Crippen LogP contribution in [0.25, 0.3) is 0 Å². The van der Waals surface area contributed by atoms with Crippen LogP contribution in [0.4, 0.5) is 0 Å². The number of ether oxygens (including phenoxy) is 2. The Morgan fingerprint density at radius 2 is 1.76 bits per heavy atom. The van der Waals surface area contributed by atoms with Gasteiger partial charge in [0.15, 0.2) is 0 Å². The highest BCUT2D eigenvalue weighted by molar-refractivity contribution is 5.94. The van der Waals surface area contributed by atoms with Crippen molar-refractivity contribution in [2.24, 2.45) is 0 Å². The number of benzene rings is 2. The van der Waals surface area contributed by atoms with Crippen molar-refractivity contribution in [1.82, 2.24) is 4.90 Å². The second-order valence-electron chi connectivity index (χ2n) is 6.45. The van der Waals surface area contributed by atoms with E-state index in [-0.39, 0.29) is 5.91 Å². The zero-order chi connectivity index (χ0) is 17.6. The maximum atomic E-state index is 12.9.